The quantitative estimate of drug-likeness (QED) is 0.607. The molecule has 0 radical (unpaired) electrons. The second-order valence-electron chi connectivity index (χ2n) is 5.12. The number of aromatic nitrogens is 1. The SMILES string of the molecule is CC(=O)N1Cn2c(cc3ccccc32)-c2ccccc21. The number of benzene rings is 2. The predicted molar refractivity (Wildman–Crippen MR) is 80.5 cm³/mol. The predicted octanol–water partition coefficient (Wildman–Crippen LogP) is 3.63. The van der Waals surface area contributed by atoms with Crippen LogP contribution in [0, 0.1) is 0 Å². The van der Waals surface area contributed by atoms with Gasteiger partial charge in [0.25, 0.3) is 0 Å². The highest BCUT2D eigenvalue weighted by molar-refractivity contribution is 5.99. The molecule has 0 spiro atoms. The Morgan fingerprint density at radius 2 is 1.80 bits per heavy atom. The Labute approximate surface area is 117 Å². The lowest BCUT2D eigenvalue weighted by atomic mass is 10.1. The summed E-state index contributed by atoms with van der Waals surface area (Å²) in [6.07, 6.45) is 0. The number of carbonyl (C=O) groups excluding carboxylic acids is 1. The summed E-state index contributed by atoms with van der Waals surface area (Å²) < 4.78 is 2.21. The van der Waals surface area contributed by atoms with E-state index in [0.717, 1.165) is 11.3 Å². The summed E-state index contributed by atoms with van der Waals surface area (Å²) in [5, 5.41) is 1.21. The average Bonchev–Trinajstić information content (AvgIpc) is 2.85. The molecular weight excluding hydrogens is 248 g/mol. The van der Waals surface area contributed by atoms with Crippen molar-refractivity contribution in [3.05, 3.63) is 54.6 Å². The molecular formula is C17H14N2O. The van der Waals surface area contributed by atoms with Gasteiger partial charge in [0, 0.05) is 17.9 Å². The van der Waals surface area contributed by atoms with Gasteiger partial charge in [0.05, 0.1) is 16.9 Å². The normalized spacial score (nSPS) is 13.2. The minimum atomic E-state index is 0.0703. The highest BCUT2D eigenvalue weighted by atomic mass is 16.2. The first-order valence-electron chi connectivity index (χ1n) is 6.71. The van der Waals surface area contributed by atoms with Crippen molar-refractivity contribution in [1.29, 1.82) is 0 Å². The van der Waals surface area contributed by atoms with Gasteiger partial charge in [0.1, 0.15) is 6.67 Å². The number of fused-ring (bicyclic) bond motifs is 5. The fraction of sp³-hybridized carbons (Fsp3) is 0.118. The topological polar surface area (TPSA) is 25.2 Å². The van der Waals surface area contributed by atoms with Gasteiger partial charge in [-0.1, -0.05) is 36.4 Å². The molecule has 2 heterocycles. The number of hydrogen-bond acceptors (Lipinski definition) is 1. The molecule has 2 aromatic carbocycles. The second-order valence-corrected chi connectivity index (χ2v) is 5.12. The van der Waals surface area contributed by atoms with Crippen molar-refractivity contribution < 1.29 is 4.79 Å². The van der Waals surface area contributed by atoms with E-state index in [1.165, 1.54) is 16.6 Å². The third-order valence-corrected chi connectivity index (χ3v) is 3.94. The van der Waals surface area contributed by atoms with Gasteiger partial charge in [-0.3, -0.25) is 9.69 Å². The van der Waals surface area contributed by atoms with Crippen molar-refractivity contribution in [2.75, 3.05) is 4.90 Å². The molecule has 0 bridgehead atoms. The lowest BCUT2D eigenvalue weighted by Gasteiger charge is -2.30. The summed E-state index contributed by atoms with van der Waals surface area (Å²) in [7, 11) is 0. The van der Waals surface area contributed by atoms with E-state index in [9.17, 15) is 4.79 Å². The summed E-state index contributed by atoms with van der Waals surface area (Å²) in [4.78, 5) is 13.8. The summed E-state index contributed by atoms with van der Waals surface area (Å²) in [6.45, 7) is 2.20. The number of amides is 1. The highest BCUT2D eigenvalue weighted by Gasteiger charge is 2.25. The highest BCUT2D eigenvalue weighted by Crippen LogP contribution is 2.39. The maximum Gasteiger partial charge on any atom is 0.225 e. The molecule has 3 nitrogen and oxygen atoms in total. The molecule has 0 atom stereocenters. The average molecular weight is 262 g/mol. The van der Waals surface area contributed by atoms with Crippen LogP contribution in [-0.4, -0.2) is 10.5 Å². The van der Waals surface area contributed by atoms with E-state index in [2.05, 4.69) is 28.8 Å². The van der Waals surface area contributed by atoms with Crippen LogP contribution in [0.2, 0.25) is 0 Å². The van der Waals surface area contributed by atoms with Crippen LogP contribution in [0.1, 0.15) is 6.92 Å². The fourth-order valence-electron chi connectivity index (χ4n) is 3.00. The molecule has 98 valence electrons. The van der Waals surface area contributed by atoms with Crippen molar-refractivity contribution in [1.82, 2.24) is 4.57 Å². The minimum Gasteiger partial charge on any atom is -0.322 e. The Hall–Kier alpha value is -2.55. The summed E-state index contributed by atoms with van der Waals surface area (Å²) >= 11 is 0. The van der Waals surface area contributed by atoms with Gasteiger partial charge in [-0.2, -0.15) is 0 Å². The zero-order valence-electron chi connectivity index (χ0n) is 11.2. The monoisotopic (exact) mass is 262 g/mol. The molecule has 0 saturated carbocycles. The lowest BCUT2D eigenvalue weighted by molar-refractivity contribution is -0.116. The Bertz CT molecular complexity index is 832. The Balaban J connectivity index is 2.06. The van der Waals surface area contributed by atoms with Gasteiger partial charge in [-0.25, -0.2) is 0 Å². The number of nitrogens with zero attached hydrogens (tertiary/aromatic N) is 2. The molecule has 0 fully saturated rings. The molecule has 3 heteroatoms. The van der Waals surface area contributed by atoms with Crippen LogP contribution in [0.25, 0.3) is 22.2 Å². The lowest BCUT2D eigenvalue weighted by Crippen LogP contribution is -2.34. The van der Waals surface area contributed by atoms with E-state index in [1.807, 2.05) is 35.2 Å². The van der Waals surface area contributed by atoms with Crippen LogP contribution in [0.3, 0.4) is 0 Å². The summed E-state index contributed by atoms with van der Waals surface area (Å²) in [5.41, 5.74) is 4.46. The first kappa shape index (κ1) is 11.3. The van der Waals surface area contributed by atoms with Crippen molar-refractivity contribution in [2.24, 2.45) is 0 Å². The number of anilines is 1. The van der Waals surface area contributed by atoms with Crippen LogP contribution < -0.4 is 4.90 Å². The van der Waals surface area contributed by atoms with Crippen molar-refractivity contribution in [2.45, 2.75) is 13.6 Å². The van der Waals surface area contributed by atoms with E-state index in [0.29, 0.717) is 6.67 Å². The van der Waals surface area contributed by atoms with Crippen molar-refractivity contribution >= 4 is 22.5 Å². The van der Waals surface area contributed by atoms with Gasteiger partial charge in [0.2, 0.25) is 5.91 Å². The van der Waals surface area contributed by atoms with E-state index in [1.54, 1.807) is 6.92 Å². The molecule has 20 heavy (non-hydrogen) atoms. The molecule has 0 N–H and O–H groups in total. The smallest absolute Gasteiger partial charge is 0.225 e. The van der Waals surface area contributed by atoms with Crippen LogP contribution >= 0.6 is 0 Å². The van der Waals surface area contributed by atoms with E-state index >= 15 is 0 Å². The maximum atomic E-state index is 11.9. The summed E-state index contributed by atoms with van der Waals surface area (Å²) in [5.74, 6) is 0.0703. The van der Waals surface area contributed by atoms with E-state index in [4.69, 9.17) is 0 Å². The van der Waals surface area contributed by atoms with Gasteiger partial charge >= 0.3 is 0 Å². The van der Waals surface area contributed by atoms with E-state index < -0.39 is 0 Å². The largest absolute Gasteiger partial charge is 0.322 e. The van der Waals surface area contributed by atoms with Crippen LogP contribution in [0.5, 0.6) is 0 Å². The first-order valence-corrected chi connectivity index (χ1v) is 6.71. The molecule has 1 amide bonds. The molecule has 0 saturated heterocycles. The van der Waals surface area contributed by atoms with Crippen LogP contribution in [-0.2, 0) is 11.5 Å². The Morgan fingerprint density at radius 1 is 1.05 bits per heavy atom. The molecule has 3 aromatic rings. The molecule has 1 aliphatic rings. The van der Waals surface area contributed by atoms with Crippen molar-refractivity contribution in [3.63, 3.8) is 0 Å². The minimum absolute atomic E-state index is 0.0703. The zero-order chi connectivity index (χ0) is 13.7. The van der Waals surface area contributed by atoms with Crippen LogP contribution in [0.4, 0.5) is 5.69 Å². The molecule has 0 aliphatic carbocycles. The summed E-state index contributed by atoms with van der Waals surface area (Å²) in [6, 6.07) is 18.6. The molecule has 1 aromatic heterocycles. The van der Waals surface area contributed by atoms with Gasteiger partial charge < -0.3 is 4.57 Å². The fourth-order valence-corrected chi connectivity index (χ4v) is 3.00. The number of hydrogen-bond donors (Lipinski definition) is 0. The molecule has 1 aliphatic heterocycles. The van der Waals surface area contributed by atoms with E-state index in [-0.39, 0.29) is 5.91 Å². The standard InChI is InChI=1S/C17H14N2O/c1-12(20)18-11-19-15-8-4-2-6-13(15)10-17(19)14-7-3-5-9-16(14)18/h2-10H,11H2,1H3. The molecule has 0 unspecified atom stereocenters. The van der Waals surface area contributed by atoms with Gasteiger partial charge in [0.15, 0.2) is 0 Å². The second kappa shape index (κ2) is 3.97. The third kappa shape index (κ3) is 1.43. The van der Waals surface area contributed by atoms with Gasteiger partial charge in [-0.05, 0) is 18.2 Å². The number of carbonyl (C=O) groups is 1. The van der Waals surface area contributed by atoms with Gasteiger partial charge in [-0.15, -0.1) is 0 Å². The Morgan fingerprint density at radius 3 is 2.65 bits per heavy atom. The zero-order valence-corrected chi connectivity index (χ0v) is 11.2. The van der Waals surface area contributed by atoms with Crippen LogP contribution in [0.15, 0.2) is 54.6 Å². The number of rotatable bonds is 0. The first-order chi connectivity index (χ1) is 9.75. The molecule has 4 rings (SSSR count). The van der Waals surface area contributed by atoms with Crippen molar-refractivity contribution in [3.8, 4) is 11.3 Å². The number of para-hydroxylation sites is 2. The maximum absolute atomic E-state index is 11.9. The Kier molecular flexibility index (Phi) is 2.24. The third-order valence-electron chi connectivity index (χ3n) is 3.94.